The summed E-state index contributed by atoms with van der Waals surface area (Å²) in [4.78, 5) is 20.2. The predicted octanol–water partition coefficient (Wildman–Crippen LogP) is 4.57. The van der Waals surface area contributed by atoms with Crippen molar-refractivity contribution in [2.24, 2.45) is 0 Å². The van der Waals surface area contributed by atoms with Gasteiger partial charge in [0.05, 0.1) is 14.7 Å². The van der Waals surface area contributed by atoms with Gasteiger partial charge in [-0.2, -0.15) is 0 Å². The summed E-state index contributed by atoms with van der Waals surface area (Å²) in [5, 5.41) is 10.9. The molecule has 4 nitrogen and oxygen atoms in total. The topological polar surface area (TPSA) is 60.2 Å². The molecule has 0 fully saturated rings. The fourth-order valence-corrected chi connectivity index (χ4v) is 3.71. The number of Topliss-reactive ketones (excluding diaryl/α,β-unsaturated/α-hetero) is 1. The second kappa shape index (κ2) is 6.05. The average Bonchev–Trinajstić information content (AvgIpc) is 2.86. The fraction of sp³-hybridized carbons (Fsp3) is 0.0833. The van der Waals surface area contributed by atoms with E-state index in [0.29, 0.717) is 11.3 Å². The molecule has 1 heterocycles. The maximum absolute atomic E-state index is 13.6. The Morgan fingerprint density at radius 1 is 1.18 bits per heavy atom. The van der Waals surface area contributed by atoms with E-state index in [1.54, 1.807) is 0 Å². The van der Waals surface area contributed by atoms with E-state index < -0.39 is 44.6 Å². The lowest BCUT2D eigenvalue weighted by molar-refractivity contribution is -0.387. The second-order valence-electron chi connectivity index (χ2n) is 4.00. The van der Waals surface area contributed by atoms with Crippen LogP contribution in [-0.2, 0) is 0 Å². The molecule has 0 unspecified atom stereocenters. The molecule has 2 rings (SSSR count). The van der Waals surface area contributed by atoms with Crippen molar-refractivity contribution in [3.8, 4) is 0 Å². The molecule has 10 heteroatoms. The summed E-state index contributed by atoms with van der Waals surface area (Å²) in [5.41, 5.74) is -0.566. The summed E-state index contributed by atoms with van der Waals surface area (Å²) in [7, 11) is 0. The predicted molar refractivity (Wildman–Crippen MR) is 71.4 cm³/mol. The Morgan fingerprint density at radius 2 is 1.73 bits per heavy atom. The van der Waals surface area contributed by atoms with Gasteiger partial charge in [-0.1, -0.05) is 11.8 Å². The molecule has 0 saturated carbocycles. The van der Waals surface area contributed by atoms with E-state index in [-0.39, 0.29) is 26.9 Å². The van der Waals surface area contributed by atoms with Gasteiger partial charge >= 0.3 is 0 Å². The maximum Gasteiger partial charge on any atom is 0.294 e. The van der Waals surface area contributed by atoms with Crippen molar-refractivity contribution in [2.45, 2.75) is 16.0 Å². The standard InChI is InChI=1S/C12H5F4NO3S2/c1-4(18)8-3-7(17(19)20)12(21-8)22-11-9(15)5(13)2-6(14)10(11)16/h2-3H,1H3. The van der Waals surface area contributed by atoms with Crippen LogP contribution in [0, 0.1) is 33.4 Å². The average molecular weight is 351 g/mol. The number of hydrogen-bond donors (Lipinski definition) is 0. The van der Waals surface area contributed by atoms with Crippen LogP contribution >= 0.6 is 23.1 Å². The lowest BCUT2D eigenvalue weighted by atomic mass is 10.3. The van der Waals surface area contributed by atoms with Gasteiger partial charge < -0.3 is 0 Å². The largest absolute Gasteiger partial charge is 0.294 e. The summed E-state index contributed by atoms with van der Waals surface area (Å²) in [6.45, 7) is 1.16. The van der Waals surface area contributed by atoms with Gasteiger partial charge in [0.1, 0.15) is 4.21 Å². The molecular formula is C12H5F4NO3S2. The Morgan fingerprint density at radius 3 is 2.18 bits per heavy atom. The van der Waals surface area contributed by atoms with Crippen molar-refractivity contribution < 1.29 is 27.3 Å². The zero-order chi connectivity index (χ0) is 16.6. The highest BCUT2D eigenvalue weighted by Gasteiger charge is 2.26. The molecule has 0 spiro atoms. The minimum absolute atomic E-state index is 0.00751. The number of halogens is 4. The molecule has 22 heavy (non-hydrogen) atoms. The SMILES string of the molecule is CC(=O)c1cc([N+](=O)[O-])c(Sc2c(F)c(F)cc(F)c2F)s1. The summed E-state index contributed by atoms with van der Waals surface area (Å²) in [6, 6.07) is 0.985. The number of ketones is 1. The maximum atomic E-state index is 13.6. The molecule has 2 aromatic rings. The van der Waals surface area contributed by atoms with E-state index in [9.17, 15) is 32.5 Å². The Labute approximate surface area is 128 Å². The van der Waals surface area contributed by atoms with Crippen molar-refractivity contribution in [1.29, 1.82) is 0 Å². The molecule has 116 valence electrons. The molecule has 0 aliphatic rings. The van der Waals surface area contributed by atoms with Crippen LogP contribution in [0.25, 0.3) is 0 Å². The normalized spacial score (nSPS) is 10.8. The van der Waals surface area contributed by atoms with Gasteiger partial charge in [-0.25, -0.2) is 17.6 Å². The van der Waals surface area contributed by atoms with Gasteiger partial charge in [0.15, 0.2) is 29.1 Å². The molecule has 0 N–H and O–H groups in total. The lowest BCUT2D eigenvalue weighted by Gasteiger charge is -2.04. The molecule has 0 atom stereocenters. The first kappa shape index (κ1) is 16.4. The first-order valence-electron chi connectivity index (χ1n) is 5.52. The molecule has 0 saturated heterocycles. The van der Waals surface area contributed by atoms with Crippen molar-refractivity contribution in [3.05, 3.63) is 50.4 Å². The highest BCUT2D eigenvalue weighted by Crippen LogP contribution is 2.43. The lowest BCUT2D eigenvalue weighted by Crippen LogP contribution is -1.97. The van der Waals surface area contributed by atoms with Crippen LogP contribution in [0.3, 0.4) is 0 Å². The summed E-state index contributed by atoms with van der Waals surface area (Å²) in [6.07, 6.45) is 0. The summed E-state index contributed by atoms with van der Waals surface area (Å²) < 4.78 is 53.2. The van der Waals surface area contributed by atoms with Crippen LogP contribution < -0.4 is 0 Å². The van der Waals surface area contributed by atoms with Crippen molar-refractivity contribution in [1.82, 2.24) is 0 Å². The number of carbonyl (C=O) groups excluding carboxylic acids is 1. The van der Waals surface area contributed by atoms with Crippen molar-refractivity contribution >= 4 is 34.6 Å². The smallest absolute Gasteiger partial charge is 0.294 e. The molecule has 1 aromatic heterocycles. The Balaban J connectivity index is 2.56. The first-order valence-corrected chi connectivity index (χ1v) is 7.15. The van der Waals surface area contributed by atoms with E-state index in [0.717, 1.165) is 13.0 Å². The van der Waals surface area contributed by atoms with E-state index in [1.165, 1.54) is 0 Å². The number of rotatable bonds is 4. The summed E-state index contributed by atoms with van der Waals surface area (Å²) in [5.74, 6) is -7.03. The van der Waals surface area contributed by atoms with Crippen LogP contribution in [-0.4, -0.2) is 10.7 Å². The van der Waals surface area contributed by atoms with E-state index in [1.807, 2.05) is 0 Å². The molecule has 0 radical (unpaired) electrons. The first-order chi connectivity index (χ1) is 10.2. The van der Waals surface area contributed by atoms with Crippen LogP contribution in [0.2, 0.25) is 0 Å². The molecule has 0 amide bonds. The third-order valence-electron chi connectivity index (χ3n) is 2.49. The molecular weight excluding hydrogens is 346 g/mol. The molecule has 0 bridgehead atoms. The fourth-order valence-electron chi connectivity index (χ4n) is 1.47. The van der Waals surface area contributed by atoms with Gasteiger partial charge in [-0.15, -0.1) is 11.3 Å². The Kier molecular flexibility index (Phi) is 4.52. The number of benzene rings is 1. The number of hydrogen-bond acceptors (Lipinski definition) is 5. The minimum atomic E-state index is -1.66. The van der Waals surface area contributed by atoms with Crippen molar-refractivity contribution in [3.63, 3.8) is 0 Å². The minimum Gasteiger partial charge on any atom is -0.294 e. The van der Waals surface area contributed by atoms with Crippen LogP contribution in [0.5, 0.6) is 0 Å². The molecule has 0 aliphatic carbocycles. The van der Waals surface area contributed by atoms with Gasteiger partial charge in [0.2, 0.25) is 0 Å². The van der Waals surface area contributed by atoms with Crippen molar-refractivity contribution in [2.75, 3.05) is 0 Å². The zero-order valence-electron chi connectivity index (χ0n) is 10.7. The highest BCUT2D eigenvalue weighted by molar-refractivity contribution is 8.01. The van der Waals surface area contributed by atoms with Gasteiger partial charge in [0, 0.05) is 12.1 Å². The van der Waals surface area contributed by atoms with E-state index in [4.69, 9.17) is 0 Å². The van der Waals surface area contributed by atoms with E-state index >= 15 is 0 Å². The Bertz CT molecular complexity index is 765. The van der Waals surface area contributed by atoms with Crippen LogP contribution in [0.15, 0.2) is 21.2 Å². The third-order valence-corrected chi connectivity index (χ3v) is 4.97. The Hall–Kier alpha value is -1.94. The quantitative estimate of drug-likeness (QED) is 0.266. The van der Waals surface area contributed by atoms with Crippen LogP contribution in [0.4, 0.5) is 23.2 Å². The van der Waals surface area contributed by atoms with Crippen LogP contribution in [0.1, 0.15) is 16.6 Å². The van der Waals surface area contributed by atoms with E-state index in [2.05, 4.69) is 0 Å². The number of nitrogens with zero attached hydrogens (tertiary/aromatic N) is 1. The van der Waals surface area contributed by atoms with Gasteiger partial charge in [0.25, 0.3) is 5.69 Å². The van der Waals surface area contributed by atoms with Gasteiger partial charge in [-0.3, -0.25) is 14.9 Å². The number of thiophene rings is 1. The summed E-state index contributed by atoms with van der Waals surface area (Å²) >= 11 is 0.770. The molecule has 1 aromatic carbocycles. The molecule has 0 aliphatic heterocycles. The number of carbonyl (C=O) groups is 1. The van der Waals surface area contributed by atoms with Gasteiger partial charge in [-0.05, 0) is 6.92 Å². The highest BCUT2D eigenvalue weighted by atomic mass is 32.2. The monoisotopic (exact) mass is 351 g/mol. The number of nitro groups is 1. The third kappa shape index (κ3) is 2.97. The zero-order valence-corrected chi connectivity index (χ0v) is 12.3. The second-order valence-corrected chi connectivity index (χ2v) is 6.33.